The fourth-order valence-electron chi connectivity index (χ4n) is 3.14. The van der Waals surface area contributed by atoms with Crippen LogP contribution in [0.25, 0.3) is 0 Å². The summed E-state index contributed by atoms with van der Waals surface area (Å²) < 4.78 is 0. The molecule has 24 heavy (non-hydrogen) atoms. The summed E-state index contributed by atoms with van der Waals surface area (Å²) in [5.41, 5.74) is 2.74. The molecule has 0 N–H and O–H groups in total. The van der Waals surface area contributed by atoms with E-state index in [0.29, 0.717) is 35.8 Å². The van der Waals surface area contributed by atoms with Crippen LogP contribution < -0.4 is 0 Å². The third-order valence-electron chi connectivity index (χ3n) is 4.44. The summed E-state index contributed by atoms with van der Waals surface area (Å²) in [5, 5.41) is 9.03. The van der Waals surface area contributed by atoms with Crippen molar-refractivity contribution in [1.82, 2.24) is 9.88 Å². The second kappa shape index (κ2) is 6.98. The van der Waals surface area contributed by atoms with Crippen LogP contribution in [-0.2, 0) is 0 Å². The van der Waals surface area contributed by atoms with Gasteiger partial charge in [-0.15, -0.1) is 6.42 Å². The van der Waals surface area contributed by atoms with Crippen molar-refractivity contribution in [2.45, 2.75) is 18.8 Å². The average Bonchev–Trinajstić information content (AvgIpc) is 2.67. The molecular formula is C20H17N3O. The Morgan fingerprint density at radius 2 is 2.04 bits per heavy atom. The van der Waals surface area contributed by atoms with Gasteiger partial charge in [-0.3, -0.25) is 4.79 Å². The summed E-state index contributed by atoms with van der Waals surface area (Å²) in [7, 11) is 0. The number of pyridine rings is 1. The van der Waals surface area contributed by atoms with Crippen LogP contribution in [0.4, 0.5) is 0 Å². The van der Waals surface area contributed by atoms with Crippen LogP contribution in [0, 0.1) is 23.7 Å². The lowest BCUT2D eigenvalue weighted by molar-refractivity contribution is 0.0712. The molecule has 4 nitrogen and oxygen atoms in total. The van der Waals surface area contributed by atoms with Crippen LogP contribution in [0.2, 0.25) is 0 Å². The maximum atomic E-state index is 12.7. The highest BCUT2D eigenvalue weighted by Gasteiger charge is 2.25. The second-order valence-corrected chi connectivity index (χ2v) is 5.85. The van der Waals surface area contributed by atoms with Gasteiger partial charge in [0.15, 0.2) is 0 Å². The lowest BCUT2D eigenvalue weighted by Gasteiger charge is -2.32. The van der Waals surface area contributed by atoms with Gasteiger partial charge in [-0.05, 0) is 54.5 Å². The molecule has 0 atom stereocenters. The number of carbonyl (C=O) groups is 1. The maximum absolute atomic E-state index is 12.7. The van der Waals surface area contributed by atoms with Crippen molar-refractivity contribution < 1.29 is 4.79 Å². The lowest BCUT2D eigenvalue weighted by Crippen LogP contribution is -2.38. The molecule has 1 saturated heterocycles. The lowest BCUT2D eigenvalue weighted by atomic mass is 9.88. The fraction of sp³-hybridized carbons (Fsp3) is 0.250. The van der Waals surface area contributed by atoms with Gasteiger partial charge in [0.05, 0.1) is 17.2 Å². The quantitative estimate of drug-likeness (QED) is 0.801. The predicted molar refractivity (Wildman–Crippen MR) is 91.2 cm³/mol. The summed E-state index contributed by atoms with van der Waals surface area (Å²) in [6, 6.07) is 13.4. The molecule has 1 fully saturated rings. The summed E-state index contributed by atoms with van der Waals surface area (Å²) in [4.78, 5) is 18.6. The number of terminal acetylenes is 1. The molecule has 0 saturated carbocycles. The number of nitrogens with zero attached hydrogens (tertiary/aromatic N) is 3. The summed E-state index contributed by atoms with van der Waals surface area (Å²) in [5.74, 6) is 2.80. The standard InChI is InChI=1S/C20H17N3O/c1-2-19-18(7-4-10-22-19)20(24)23-11-8-16(9-12-23)17-6-3-5-15(13-17)14-21/h1,3-7,10,13,16H,8-9,11-12H2. The molecule has 1 aliphatic rings. The van der Waals surface area contributed by atoms with Gasteiger partial charge >= 0.3 is 0 Å². The Bertz CT molecular complexity index is 836. The minimum absolute atomic E-state index is 0.0553. The van der Waals surface area contributed by atoms with E-state index in [4.69, 9.17) is 11.7 Å². The zero-order valence-electron chi connectivity index (χ0n) is 13.3. The van der Waals surface area contributed by atoms with Crippen LogP contribution in [0.3, 0.4) is 0 Å². The average molecular weight is 315 g/mol. The number of hydrogen-bond acceptors (Lipinski definition) is 3. The normalized spacial score (nSPS) is 14.7. The third-order valence-corrected chi connectivity index (χ3v) is 4.44. The molecule has 0 radical (unpaired) electrons. The molecular weight excluding hydrogens is 298 g/mol. The fourth-order valence-corrected chi connectivity index (χ4v) is 3.14. The number of likely N-dealkylation sites (tertiary alicyclic amines) is 1. The number of carbonyl (C=O) groups excluding carboxylic acids is 1. The molecule has 1 amide bonds. The van der Waals surface area contributed by atoms with E-state index in [2.05, 4.69) is 23.0 Å². The Morgan fingerprint density at radius 1 is 1.25 bits per heavy atom. The largest absolute Gasteiger partial charge is 0.339 e. The van der Waals surface area contributed by atoms with Crippen LogP contribution in [0.15, 0.2) is 42.6 Å². The molecule has 1 aromatic carbocycles. The van der Waals surface area contributed by atoms with Gasteiger partial charge in [-0.25, -0.2) is 4.98 Å². The number of aromatic nitrogens is 1. The van der Waals surface area contributed by atoms with Gasteiger partial charge in [0.1, 0.15) is 5.69 Å². The highest BCUT2D eigenvalue weighted by Crippen LogP contribution is 2.29. The van der Waals surface area contributed by atoms with Crippen LogP contribution in [0.5, 0.6) is 0 Å². The van der Waals surface area contributed by atoms with Crippen molar-refractivity contribution in [3.63, 3.8) is 0 Å². The van der Waals surface area contributed by atoms with Gasteiger partial charge in [-0.1, -0.05) is 12.1 Å². The van der Waals surface area contributed by atoms with Crippen molar-refractivity contribution in [2.24, 2.45) is 0 Å². The molecule has 0 bridgehead atoms. The van der Waals surface area contributed by atoms with E-state index in [0.717, 1.165) is 12.8 Å². The third kappa shape index (κ3) is 3.14. The first-order valence-electron chi connectivity index (χ1n) is 7.94. The molecule has 0 spiro atoms. The summed E-state index contributed by atoms with van der Waals surface area (Å²) in [6.45, 7) is 1.36. The van der Waals surface area contributed by atoms with Gasteiger partial charge in [0.25, 0.3) is 5.91 Å². The van der Waals surface area contributed by atoms with E-state index in [9.17, 15) is 4.79 Å². The number of hydrogen-bond donors (Lipinski definition) is 0. The Hall–Kier alpha value is -3.11. The summed E-state index contributed by atoms with van der Waals surface area (Å²) in [6.07, 6.45) is 8.79. The SMILES string of the molecule is C#Cc1ncccc1C(=O)N1CCC(c2cccc(C#N)c2)CC1. The van der Waals surface area contributed by atoms with E-state index < -0.39 is 0 Å². The summed E-state index contributed by atoms with van der Waals surface area (Å²) >= 11 is 0. The monoisotopic (exact) mass is 315 g/mol. The molecule has 0 aliphatic carbocycles. The highest BCUT2D eigenvalue weighted by molar-refractivity contribution is 5.96. The number of nitriles is 1. The molecule has 2 heterocycles. The zero-order chi connectivity index (χ0) is 16.9. The minimum Gasteiger partial charge on any atom is -0.339 e. The second-order valence-electron chi connectivity index (χ2n) is 5.85. The molecule has 3 rings (SSSR count). The first kappa shape index (κ1) is 15.8. The van der Waals surface area contributed by atoms with Gasteiger partial charge < -0.3 is 4.90 Å². The van der Waals surface area contributed by atoms with Crippen molar-refractivity contribution in [2.75, 3.05) is 13.1 Å². The molecule has 0 unspecified atom stereocenters. The van der Waals surface area contributed by atoms with Gasteiger partial charge in [0.2, 0.25) is 0 Å². The highest BCUT2D eigenvalue weighted by atomic mass is 16.2. The zero-order valence-corrected chi connectivity index (χ0v) is 13.3. The van der Waals surface area contributed by atoms with Crippen LogP contribution >= 0.6 is 0 Å². The molecule has 1 aliphatic heterocycles. The Labute approximate surface area is 141 Å². The van der Waals surface area contributed by atoms with Crippen molar-refractivity contribution in [1.29, 1.82) is 5.26 Å². The first-order valence-corrected chi connectivity index (χ1v) is 7.94. The number of rotatable bonds is 2. The molecule has 2 aromatic rings. The Balaban J connectivity index is 1.70. The van der Waals surface area contributed by atoms with E-state index in [-0.39, 0.29) is 5.91 Å². The minimum atomic E-state index is -0.0553. The first-order chi connectivity index (χ1) is 11.7. The topological polar surface area (TPSA) is 57.0 Å². The van der Waals surface area contributed by atoms with Crippen molar-refractivity contribution >= 4 is 5.91 Å². The predicted octanol–water partition coefficient (Wildman–Crippen LogP) is 2.95. The molecule has 4 heteroatoms. The Morgan fingerprint density at radius 3 is 2.75 bits per heavy atom. The van der Waals surface area contributed by atoms with Crippen LogP contribution in [0.1, 0.15) is 45.9 Å². The smallest absolute Gasteiger partial charge is 0.256 e. The number of piperidine rings is 1. The number of amides is 1. The van der Waals surface area contributed by atoms with Gasteiger partial charge in [0, 0.05) is 19.3 Å². The van der Waals surface area contributed by atoms with E-state index in [1.165, 1.54) is 5.56 Å². The van der Waals surface area contributed by atoms with Crippen LogP contribution in [-0.4, -0.2) is 28.9 Å². The van der Waals surface area contributed by atoms with Crippen molar-refractivity contribution in [3.05, 3.63) is 65.0 Å². The molecule has 1 aromatic heterocycles. The molecule has 118 valence electrons. The Kier molecular flexibility index (Phi) is 4.59. The number of benzene rings is 1. The van der Waals surface area contributed by atoms with E-state index >= 15 is 0 Å². The van der Waals surface area contributed by atoms with Gasteiger partial charge in [-0.2, -0.15) is 5.26 Å². The van der Waals surface area contributed by atoms with E-state index in [1.807, 2.05) is 23.1 Å². The maximum Gasteiger partial charge on any atom is 0.256 e. The van der Waals surface area contributed by atoms with Crippen molar-refractivity contribution in [3.8, 4) is 18.4 Å². The van der Waals surface area contributed by atoms with E-state index in [1.54, 1.807) is 18.3 Å².